The van der Waals surface area contributed by atoms with E-state index < -0.39 is 54.1 Å². The molecule has 7 N–H and O–H groups in total. The Kier molecular flexibility index (Phi) is 15.6. The molecule has 14 nitrogen and oxygen atoms in total. The van der Waals surface area contributed by atoms with Gasteiger partial charge in [-0.05, 0) is 65.6 Å². The van der Waals surface area contributed by atoms with Crippen molar-refractivity contribution in [3.8, 4) is 5.75 Å². The van der Waals surface area contributed by atoms with Crippen LogP contribution < -0.4 is 31.3 Å². The molecular weight excluding hydrogens is 751 g/mol. The molecule has 5 rings (SSSR count). The van der Waals surface area contributed by atoms with E-state index in [1.165, 1.54) is 0 Å². The molecule has 2 unspecified atom stereocenters. The number of anilines is 1. The number of rotatable bonds is 19. The smallest absolute Gasteiger partial charge is 0.408 e. The molecule has 5 aromatic rings. The predicted molar refractivity (Wildman–Crippen MR) is 226 cm³/mol. The van der Waals surface area contributed by atoms with Gasteiger partial charge in [0, 0.05) is 6.54 Å². The van der Waals surface area contributed by atoms with Crippen LogP contribution >= 0.6 is 0 Å². The van der Waals surface area contributed by atoms with Crippen molar-refractivity contribution in [2.45, 2.75) is 84.5 Å². The standard InChI is InChI=1S/C45H55N7O7/c1-27(2)36(42(55)52-44-48-34-22-13-15-29(5)38(34)50-44)49-43(56)39(46-25-32-20-14-21-33(23-32)58-6)40(53)35(24-30-16-9-7-10-17-30)47-41(54)37(28(3)4)51-45(57)59-26-31-18-11-8-12-19-31/h7-23,27-28,35-37,39-40,46,53H,24-26H2,1-6H3,(H,47,54)(H,49,56)(H,51,57)(H2,48,50,52,55)/t35-,36-,37-,39?,40?/m0/s1. The Hall–Kier alpha value is -6.25. The van der Waals surface area contributed by atoms with E-state index in [2.05, 4.69) is 36.6 Å². The summed E-state index contributed by atoms with van der Waals surface area (Å²) in [7, 11) is 1.55. The maximum absolute atomic E-state index is 14.5. The van der Waals surface area contributed by atoms with E-state index in [4.69, 9.17) is 9.47 Å². The Morgan fingerprint density at radius 3 is 1.97 bits per heavy atom. The number of aromatic nitrogens is 2. The van der Waals surface area contributed by atoms with Crippen LogP contribution in [0.25, 0.3) is 11.0 Å². The van der Waals surface area contributed by atoms with Crippen molar-refractivity contribution >= 4 is 40.8 Å². The molecule has 0 saturated heterocycles. The van der Waals surface area contributed by atoms with Gasteiger partial charge in [-0.2, -0.15) is 0 Å². The summed E-state index contributed by atoms with van der Waals surface area (Å²) < 4.78 is 10.8. The second-order valence-corrected chi connectivity index (χ2v) is 15.2. The highest BCUT2D eigenvalue weighted by Crippen LogP contribution is 2.19. The van der Waals surface area contributed by atoms with E-state index >= 15 is 0 Å². The number of imidazole rings is 1. The minimum Gasteiger partial charge on any atom is -0.497 e. The number of ether oxygens (including phenoxy) is 2. The number of methoxy groups -OCH3 is 1. The molecule has 0 radical (unpaired) electrons. The third-order valence-corrected chi connectivity index (χ3v) is 9.96. The molecule has 0 aliphatic rings. The normalized spacial score (nSPS) is 13.8. The van der Waals surface area contributed by atoms with Crippen LogP contribution in [0, 0.1) is 18.8 Å². The van der Waals surface area contributed by atoms with Crippen molar-refractivity contribution in [1.29, 1.82) is 0 Å². The van der Waals surface area contributed by atoms with E-state index in [0.717, 1.165) is 27.8 Å². The highest BCUT2D eigenvalue weighted by Gasteiger charge is 2.38. The predicted octanol–water partition coefficient (Wildman–Crippen LogP) is 5.16. The minimum absolute atomic E-state index is 0.0115. The summed E-state index contributed by atoms with van der Waals surface area (Å²) >= 11 is 0. The molecule has 0 bridgehead atoms. The molecule has 312 valence electrons. The molecule has 1 heterocycles. The number of carbonyl (C=O) groups excluding carboxylic acids is 4. The Morgan fingerprint density at radius 2 is 1.32 bits per heavy atom. The number of nitrogens with one attached hydrogen (secondary N) is 6. The monoisotopic (exact) mass is 805 g/mol. The van der Waals surface area contributed by atoms with Crippen molar-refractivity contribution < 1.29 is 33.8 Å². The van der Waals surface area contributed by atoms with Gasteiger partial charge in [0.05, 0.1) is 30.3 Å². The first-order valence-corrected chi connectivity index (χ1v) is 19.7. The van der Waals surface area contributed by atoms with E-state index in [9.17, 15) is 24.3 Å². The zero-order valence-corrected chi connectivity index (χ0v) is 34.3. The molecule has 0 saturated carbocycles. The number of aryl methyl sites for hydroxylation is 1. The molecule has 0 aliphatic heterocycles. The first kappa shape index (κ1) is 43.9. The summed E-state index contributed by atoms with van der Waals surface area (Å²) in [5.74, 6) is -1.68. The summed E-state index contributed by atoms with van der Waals surface area (Å²) in [6, 6.07) is 26.8. The molecule has 4 aromatic carbocycles. The molecule has 59 heavy (non-hydrogen) atoms. The first-order chi connectivity index (χ1) is 28.3. The number of aliphatic hydroxyl groups excluding tert-OH is 1. The van der Waals surface area contributed by atoms with E-state index in [0.29, 0.717) is 11.3 Å². The molecule has 5 atom stereocenters. The number of nitrogens with zero attached hydrogens (tertiary/aromatic N) is 1. The summed E-state index contributed by atoms with van der Waals surface area (Å²) in [6.07, 6.45) is -2.20. The van der Waals surface area contributed by atoms with E-state index in [1.807, 2.05) is 97.9 Å². The summed E-state index contributed by atoms with van der Waals surface area (Å²) in [5, 5.41) is 26.7. The van der Waals surface area contributed by atoms with Crippen LogP contribution in [0.4, 0.5) is 10.7 Å². The minimum atomic E-state index is -1.54. The number of para-hydroxylation sites is 1. The lowest BCUT2D eigenvalue weighted by molar-refractivity contribution is -0.132. The van der Waals surface area contributed by atoms with Crippen LogP contribution in [0.2, 0.25) is 0 Å². The third-order valence-electron chi connectivity index (χ3n) is 9.96. The van der Waals surface area contributed by atoms with Gasteiger partial charge in [0.15, 0.2) is 0 Å². The molecule has 4 amide bonds. The number of aliphatic hydroxyl groups is 1. The van der Waals surface area contributed by atoms with E-state index in [-0.39, 0.29) is 37.4 Å². The number of H-pyrrole nitrogens is 1. The van der Waals surface area contributed by atoms with Gasteiger partial charge in [-0.3, -0.25) is 25.0 Å². The Morgan fingerprint density at radius 1 is 0.712 bits per heavy atom. The van der Waals surface area contributed by atoms with Crippen LogP contribution in [0.3, 0.4) is 0 Å². The summed E-state index contributed by atoms with van der Waals surface area (Å²) in [6.45, 7) is 9.20. The number of aromatic amines is 1. The average Bonchev–Trinajstić information content (AvgIpc) is 3.65. The second kappa shape index (κ2) is 21.0. The number of alkyl carbamates (subject to hydrolysis) is 1. The average molecular weight is 806 g/mol. The number of carbonyl (C=O) groups is 4. The Bertz CT molecular complexity index is 2160. The zero-order valence-electron chi connectivity index (χ0n) is 34.3. The van der Waals surface area contributed by atoms with Gasteiger partial charge in [-0.1, -0.05) is 113 Å². The molecule has 1 aromatic heterocycles. The van der Waals surface area contributed by atoms with Crippen molar-refractivity contribution in [2.24, 2.45) is 11.8 Å². The zero-order chi connectivity index (χ0) is 42.5. The lowest BCUT2D eigenvalue weighted by Crippen LogP contribution is -2.63. The van der Waals surface area contributed by atoms with Gasteiger partial charge in [0.2, 0.25) is 23.7 Å². The molecule has 0 spiro atoms. The van der Waals surface area contributed by atoms with E-state index in [1.54, 1.807) is 46.9 Å². The quantitative estimate of drug-likeness (QED) is 0.0590. The topological polar surface area (TPSA) is 196 Å². The van der Waals surface area contributed by atoms with Crippen LogP contribution in [0.1, 0.15) is 49.9 Å². The third kappa shape index (κ3) is 12.4. The van der Waals surface area contributed by atoms with Gasteiger partial charge >= 0.3 is 6.09 Å². The highest BCUT2D eigenvalue weighted by molar-refractivity contribution is 5.98. The fourth-order valence-electron chi connectivity index (χ4n) is 6.64. The number of fused-ring (bicyclic) bond motifs is 1. The van der Waals surface area contributed by atoms with Crippen molar-refractivity contribution in [1.82, 2.24) is 31.2 Å². The van der Waals surface area contributed by atoms with Crippen molar-refractivity contribution in [2.75, 3.05) is 12.4 Å². The lowest BCUT2D eigenvalue weighted by atomic mass is 9.93. The van der Waals surface area contributed by atoms with Crippen LogP contribution in [-0.4, -0.2) is 76.3 Å². The van der Waals surface area contributed by atoms with Crippen LogP contribution in [0.5, 0.6) is 5.75 Å². The largest absolute Gasteiger partial charge is 0.497 e. The fraction of sp³-hybridized carbons (Fsp3) is 0.356. The lowest BCUT2D eigenvalue weighted by Gasteiger charge is -2.33. The van der Waals surface area contributed by atoms with Gasteiger partial charge in [0.1, 0.15) is 30.5 Å². The fourth-order valence-corrected chi connectivity index (χ4v) is 6.64. The van der Waals surface area contributed by atoms with Gasteiger partial charge in [0.25, 0.3) is 0 Å². The first-order valence-electron chi connectivity index (χ1n) is 19.7. The summed E-state index contributed by atoms with van der Waals surface area (Å²) in [5.41, 5.74) is 4.72. The number of hydrogen-bond donors (Lipinski definition) is 7. The van der Waals surface area contributed by atoms with Gasteiger partial charge in [-0.25, -0.2) is 9.78 Å². The van der Waals surface area contributed by atoms with Crippen LogP contribution in [-0.2, 0) is 38.7 Å². The molecule has 0 fully saturated rings. The Balaban J connectivity index is 1.40. The maximum Gasteiger partial charge on any atom is 0.408 e. The number of hydrogen-bond acceptors (Lipinski definition) is 9. The summed E-state index contributed by atoms with van der Waals surface area (Å²) in [4.78, 5) is 62.9. The molecule has 14 heteroatoms. The van der Waals surface area contributed by atoms with Crippen molar-refractivity contribution in [3.05, 3.63) is 125 Å². The number of benzene rings is 4. The van der Waals surface area contributed by atoms with Crippen molar-refractivity contribution in [3.63, 3.8) is 0 Å². The van der Waals surface area contributed by atoms with Gasteiger partial charge in [-0.15, -0.1) is 0 Å². The molecule has 0 aliphatic carbocycles. The number of amides is 4. The SMILES string of the molecule is COc1cccc(CNC(C(=O)N[C@H](C(=O)Nc2nc3c(C)cccc3[nH]2)C(C)C)C(O)[C@H](Cc2ccccc2)NC(=O)[C@@H](NC(=O)OCc2ccccc2)C(C)C)c1. The van der Waals surface area contributed by atoms with Gasteiger partial charge < -0.3 is 35.5 Å². The second-order valence-electron chi connectivity index (χ2n) is 15.2. The molecular formula is C45H55N7O7. The highest BCUT2D eigenvalue weighted by atomic mass is 16.5. The van der Waals surface area contributed by atoms with Crippen LogP contribution in [0.15, 0.2) is 103 Å². The maximum atomic E-state index is 14.5. The Labute approximate surface area is 344 Å².